The molecule has 0 aliphatic rings. The van der Waals surface area contributed by atoms with Crippen LogP contribution in [0.15, 0.2) is 15.9 Å². The van der Waals surface area contributed by atoms with E-state index in [1.165, 1.54) is 8.66 Å². The van der Waals surface area contributed by atoms with Crippen LogP contribution in [0.1, 0.15) is 45.5 Å². The Labute approximate surface area is 124 Å². The molecular weight excluding hydrogens is 308 g/mol. The van der Waals surface area contributed by atoms with E-state index in [0.29, 0.717) is 18.1 Å². The Balaban J connectivity index is 2.37. The van der Waals surface area contributed by atoms with E-state index in [2.05, 4.69) is 72.9 Å². The SMILES string of the molecule is CC(NCCN(C(C)C)C(C)C)c1ccc(Br)s1. The van der Waals surface area contributed by atoms with Crippen LogP contribution < -0.4 is 5.32 Å². The molecule has 2 nitrogen and oxygen atoms in total. The van der Waals surface area contributed by atoms with Crippen molar-refractivity contribution >= 4 is 27.3 Å². The molecule has 1 aromatic rings. The van der Waals surface area contributed by atoms with Gasteiger partial charge in [-0.05, 0) is 62.7 Å². The number of hydrogen-bond acceptors (Lipinski definition) is 3. The third-order valence-corrected chi connectivity index (χ3v) is 4.97. The predicted octanol–water partition coefficient (Wildman–Crippen LogP) is 4.28. The molecule has 0 aliphatic carbocycles. The van der Waals surface area contributed by atoms with E-state index in [9.17, 15) is 0 Å². The number of hydrogen-bond donors (Lipinski definition) is 1. The number of rotatable bonds is 7. The van der Waals surface area contributed by atoms with Gasteiger partial charge in [0.05, 0.1) is 3.79 Å². The monoisotopic (exact) mass is 332 g/mol. The summed E-state index contributed by atoms with van der Waals surface area (Å²) in [7, 11) is 0. The van der Waals surface area contributed by atoms with Crippen LogP contribution >= 0.6 is 27.3 Å². The maximum absolute atomic E-state index is 3.60. The molecule has 1 unspecified atom stereocenters. The third-order valence-electron chi connectivity index (χ3n) is 3.17. The van der Waals surface area contributed by atoms with E-state index in [4.69, 9.17) is 0 Å². The fraction of sp³-hybridized carbons (Fsp3) is 0.714. The van der Waals surface area contributed by atoms with Crippen molar-refractivity contribution in [1.29, 1.82) is 0 Å². The van der Waals surface area contributed by atoms with Crippen LogP contribution in [0.5, 0.6) is 0 Å². The highest BCUT2D eigenvalue weighted by Gasteiger charge is 2.13. The van der Waals surface area contributed by atoms with Gasteiger partial charge in [0.1, 0.15) is 0 Å². The minimum absolute atomic E-state index is 0.433. The highest BCUT2D eigenvalue weighted by molar-refractivity contribution is 9.11. The van der Waals surface area contributed by atoms with Gasteiger partial charge < -0.3 is 5.32 Å². The molecule has 0 radical (unpaired) electrons. The summed E-state index contributed by atoms with van der Waals surface area (Å²) in [6.07, 6.45) is 0. The Hall–Kier alpha value is 0.1000. The maximum atomic E-state index is 3.60. The quantitative estimate of drug-likeness (QED) is 0.801. The lowest BCUT2D eigenvalue weighted by Crippen LogP contribution is -2.41. The minimum atomic E-state index is 0.433. The van der Waals surface area contributed by atoms with Gasteiger partial charge in [-0.25, -0.2) is 0 Å². The minimum Gasteiger partial charge on any atom is -0.308 e. The van der Waals surface area contributed by atoms with Gasteiger partial charge in [-0.2, -0.15) is 0 Å². The molecule has 0 amide bonds. The van der Waals surface area contributed by atoms with Crippen LogP contribution in [0.2, 0.25) is 0 Å². The van der Waals surface area contributed by atoms with Gasteiger partial charge in [-0.1, -0.05) is 0 Å². The topological polar surface area (TPSA) is 15.3 Å². The van der Waals surface area contributed by atoms with Crippen LogP contribution in [0, 0.1) is 0 Å². The van der Waals surface area contributed by atoms with Crippen LogP contribution in [0.3, 0.4) is 0 Å². The fourth-order valence-corrected chi connectivity index (χ4v) is 3.63. The summed E-state index contributed by atoms with van der Waals surface area (Å²) in [5.41, 5.74) is 0. The number of nitrogens with one attached hydrogen (secondary N) is 1. The molecule has 0 bridgehead atoms. The summed E-state index contributed by atoms with van der Waals surface area (Å²) in [4.78, 5) is 3.91. The second-order valence-corrected chi connectivity index (χ2v) is 7.74. The smallest absolute Gasteiger partial charge is 0.0701 e. The molecule has 0 spiro atoms. The first-order valence-electron chi connectivity index (χ1n) is 6.66. The highest BCUT2D eigenvalue weighted by Crippen LogP contribution is 2.26. The first-order valence-corrected chi connectivity index (χ1v) is 8.27. The van der Waals surface area contributed by atoms with E-state index in [1.54, 1.807) is 0 Å². The van der Waals surface area contributed by atoms with Crippen LogP contribution in [-0.2, 0) is 0 Å². The first kappa shape index (κ1) is 16.2. The average Bonchev–Trinajstić information content (AvgIpc) is 2.69. The fourth-order valence-electron chi connectivity index (χ4n) is 2.18. The Morgan fingerprint density at radius 1 is 1.17 bits per heavy atom. The molecule has 0 saturated carbocycles. The Morgan fingerprint density at radius 3 is 2.22 bits per heavy atom. The molecule has 1 atom stereocenters. The van der Waals surface area contributed by atoms with Crippen molar-refractivity contribution in [3.63, 3.8) is 0 Å². The molecule has 18 heavy (non-hydrogen) atoms. The third kappa shape index (κ3) is 5.00. The Kier molecular flexibility index (Phi) is 6.85. The van der Waals surface area contributed by atoms with Crippen molar-refractivity contribution in [2.75, 3.05) is 13.1 Å². The van der Waals surface area contributed by atoms with E-state index in [1.807, 2.05) is 11.3 Å². The van der Waals surface area contributed by atoms with Crippen molar-refractivity contribution in [1.82, 2.24) is 10.2 Å². The first-order chi connectivity index (χ1) is 8.41. The van der Waals surface area contributed by atoms with E-state index < -0.39 is 0 Å². The summed E-state index contributed by atoms with van der Waals surface area (Å²) in [6, 6.07) is 5.96. The summed E-state index contributed by atoms with van der Waals surface area (Å²) < 4.78 is 1.21. The molecule has 1 N–H and O–H groups in total. The maximum Gasteiger partial charge on any atom is 0.0701 e. The molecule has 0 aromatic carbocycles. The zero-order valence-corrected chi connectivity index (χ0v) is 14.4. The Bertz CT molecular complexity index is 341. The van der Waals surface area contributed by atoms with Crippen LogP contribution in [-0.4, -0.2) is 30.1 Å². The van der Waals surface area contributed by atoms with Gasteiger partial charge in [-0.3, -0.25) is 4.90 Å². The van der Waals surface area contributed by atoms with Crippen LogP contribution in [0.4, 0.5) is 0 Å². The molecule has 0 saturated heterocycles. The lowest BCUT2D eigenvalue weighted by Gasteiger charge is -2.31. The molecule has 0 fully saturated rings. The normalized spacial score (nSPS) is 13.8. The Morgan fingerprint density at radius 2 is 1.78 bits per heavy atom. The number of halogens is 1. The second-order valence-electron chi connectivity index (χ2n) is 5.24. The number of thiophene rings is 1. The van der Waals surface area contributed by atoms with Crippen molar-refractivity contribution < 1.29 is 0 Å². The molecule has 0 aliphatic heterocycles. The van der Waals surface area contributed by atoms with Crippen LogP contribution in [0.25, 0.3) is 0 Å². The zero-order chi connectivity index (χ0) is 13.7. The average molecular weight is 333 g/mol. The van der Waals surface area contributed by atoms with Crippen molar-refractivity contribution in [2.45, 2.75) is 52.7 Å². The number of nitrogens with zero attached hydrogens (tertiary/aromatic N) is 1. The molecule has 1 aromatic heterocycles. The van der Waals surface area contributed by atoms with Crippen molar-refractivity contribution in [3.8, 4) is 0 Å². The second kappa shape index (κ2) is 7.63. The summed E-state index contributed by atoms with van der Waals surface area (Å²) in [5, 5.41) is 3.60. The van der Waals surface area contributed by atoms with E-state index in [-0.39, 0.29) is 0 Å². The predicted molar refractivity (Wildman–Crippen MR) is 85.4 cm³/mol. The van der Waals surface area contributed by atoms with Gasteiger partial charge >= 0.3 is 0 Å². The summed E-state index contributed by atoms with van der Waals surface area (Å²) >= 11 is 5.32. The van der Waals surface area contributed by atoms with Crippen molar-refractivity contribution in [3.05, 3.63) is 20.8 Å². The van der Waals surface area contributed by atoms with Gasteiger partial charge in [0.25, 0.3) is 0 Å². The van der Waals surface area contributed by atoms with Crippen molar-refractivity contribution in [2.24, 2.45) is 0 Å². The lowest BCUT2D eigenvalue weighted by atomic mass is 10.2. The van der Waals surface area contributed by atoms with Gasteiger partial charge in [0.15, 0.2) is 0 Å². The largest absolute Gasteiger partial charge is 0.308 e. The van der Waals surface area contributed by atoms with E-state index >= 15 is 0 Å². The standard InChI is InChI=1S/C14H25BrN2S/c1-10(2)17(11(3)4)9-8-16-12(5)13-6-7-14(15)18-13/h6-7,10-12,16H,8-9H2,1-5H3. The molecule has 1 rings (SSSR count). The lowest BCUT2D eigenvalue weighted by molar-refractivity contribution is 0.174. The van der Waals surface area contributed by atoms with E-state index in [0.717, 1.165) is 13.1 Å². The zero-order valence-electron chi connectivity index (χ0n) is 12.0. The van der Waals surface area contributed by atoms with Gasteiger partial charge in [0, 0.05) is 36.1 Å². The van der Waals surface area contributed by atoms with Gasteiger partial charge in [-0.15, -0.1) is 11.3 Å². The molecular formula is C14H25BrN2S. The molecule has 1 heterocycles. The molecule has 4 heteroatoms. The summed E-state index contributed by atoms with van der Waals surface area (Å²) in [6.45, 7) is 13.4. The van der Waals surface area contributed by atoms with Gasteiger partial charge in [0.2, 0.25) is 0 Å². The summed E-state index contributed by atoms with van der Waals surface area (Å²) in [5.74, 6) is 0. The molecule has 104 valence electrons. The highest BCUT2D eigenvalue weighted by atomic mass is 79.9.